The average molecular weight is 449 g/mol. The third-order valence-electron chi connectivity index (χ3n) is 6.08. The van der Waals surface area contributed by atoms with Gasteiger partial charge in [-0.2, -0.15) is 0 Å². The monoisotopic (exact) mass is 448 g/mol. The Morgan fingerprint density at radius 2 is 1.76 bits per heavy atom. The molecule has 2 aliphatic rings. The van der Waals surface area contributed by atoms with Crippen LogP contribution in [-0.2, 0) is 4.79 Å². The fourth-order valence-electron chi connectivity index (χ4n) is 3.87. The van der Waals surface area contributed by atoms with Gasteiger partial charge in [0.15, 0.2) is 0 Å². The second kappa shape index (κ2) is 9.85. The molecular formula is C25H28N4O4. The molecule has 0 unspecified atom stereocenters. The van der Waals surface area contributed by atoms with E-state index in [1.54, 1.807) is 24.3 Å². The fourth-order valence-corrected chi connectivity index (χ4v) is 3.87. The molecule has 0 bridgehead atoms. The van der Waals surface area contributed by atoms with Crippen molar-refractivity contribution in [3.63, 3.8) is 0 Å². The molecule has 0 aromatic heterocycles. The van der Waals surface area contributed by atoms with E-state index < -0.39 is 4.92 Å². The van der Waals surface area contributed by atoms with E-state index in [9.17, 15) is 19.7 Å². The van der Waals surface area contributed by atoms with E-state index in [4.69, 9.17) is 0 Å². The zero-order valence-electron chi connectivity index (χ0n) is 18.6. The summed E-state index contributed by atoms with van der Waals surface area (Å²) in [6, 6.07) is 11.7. The van der Waals surface area contributed by atoms with E-state index in [0.717, 1.165) is 44.5 Å². The number of rotatable bonds is 7. The molecule has 2 amide bonds. The molecule has 172 valence electrons. The zero-order chi connectivity index (χ0) is 23.4. The lowest BCUT2D eigenvalue weighted by Crippen LogP contribution is -2.35. The molecule has 2 fully saturated rings. The van der Waals surface area contributed by atoms with E-state index in [2.05, 4.69) is 22.5 Å². The van der Waals surface area contributed by atoms with E-state index in [1.807, 2.05) is 12.1 Å². The Morgan fingerprint density at radius 1 is 1.06 bits per heavy atom. The number of anilines is 2. The summed E-state index contributed by atoms with van der Waals surface area (Å²) in [7, 11) is 0. The third-order valence-corrected chi connectivity index (χ3v) is 6.08. The highest BCUT2D eigenvalue weighted by atomic mass is 16.6. The van der Waals surface area contributed by atoms with Gasteiger partial charge in [-0.25, -0.2) is 0 Å². The molecule has 2 aromatic rings. The first-order valence-electron chi connectivity index (χ1n) is 11.3. The summed E-state index contributed by atoms with van der Waals surface area (Å²) in [6.45, 7) is 4.07. The molecule has 8 nitrogen and oxygen atoms in total. The van der Waals surface area contributed by atoms with Crippen molar-refractivity contribution in [2.24, 2.45) is 5.92 Å². The molecule has 1 heterocycles. The third kappa shape index (κ3) is 5.97. The highest BCUT2D eigenvalue weighted by Crippen LogP contribution is 2.30. The first kappa shape index (κ1) is 22.5. The Bertz CT molecular complexity index is 1070. The first-order valence-corrected chi connectivity index (χ1v) is 11.3. The minimum atomic E-state index is -0.467. The number of hydrogen-bond donors (Lipinski definition) is 2. The van der Waals surface area contributed by atoms with Crippen molar-refractivity contribution >= 4 is 35.0 Å². The van der Waals surface area contributed by atoms with E-state index in [-0.39, 0.29) is 23.5 Å². The lowest BCUT2D eigenvalue weighted by Gasteiger charge is -2.33. The number of nitrogens with one attached hydrogen (secondary N) is 2. The molecule has 0 radical (unpaired) electrons. The highest BCUT2D eigenvalue weighted by molar-refractivity contribution is 6.05. The van der Waals surface area contributed by atoms with Crippen molar-refractivity contribution in [2.75, 3.05) is 23.3 Å². The van der Waals surface area contributed by atoms with Crippen molar-refractivity contribution in [3.8, 4) is 0 Å². The van der Waals surface area contributed by atoms with Crippen LogP contribution in [0.15, 0.2) is 48.5 Å². The predicted molar refractivity (Wildman–Crippen MR) is 128 cm³/mol. The Labute approximate surface area is 192 Å². The first-order chi connectivity index (χ1) is 15.9. The number of piperidine rings is 1. The fraction of sp³-hybridized carbons (Fsp3) is 0.360. The van der Waals surface area contributed by atoms with E-state index in [1.165, 1.54) is 18.2 Å². The van der Waals surface area contributed by atoms with Gasteiger partial charge in [0.1, 0.15) is 0 Å². The quantitative estimate of drug-likeness (QED) is 0.372. The van der Waals surface area contributed by atoms with Crippen LogP contribution < -0.4 is 15.5 Å². The number of nitro benzene ring substituents is 1. The van der Waals surface area contributed by atoms with Gasteiger partial charge in [0.2, 0.25) is 5.91 Å². The molecule has 2 aromatic carbocycles. The molecular weight excluding hydrogens is 420 g/mol. The van der Waals surface area contributed by atoms with Gasteiger partial charge in [-0.05, 0) is 73.6 Å². The maximum Gasteiger partial charge on any atom is 0.269 e. The molecule has 8 heteroatoms. The largest absolute Gasteiger partial charge is 0.371 e. The van der Waals surface area contributed by atoms with Gasteiger partial charge in [-0.3, -0.25) is 19.7 Å². The molecule has 33 heavy (non-hydrogen) atoms. The lowest BCUT2D eigenvalue weighted by molar-refractivity contribution is -0.384. The molecule has 0 atom stereocenters. The topological polar surface area (TPSA) is 105 Å². The summed E-state index contributed by atoms with van der Waals surface area (Å²) < 4.78 is 0. The van der Waals surface area contributed by atoms with Gasteiger partial charge >= 0.3 is 0 Å². The smallest absolute Gasteiger partial charge is 0.269 e. The maximum atomic E-state index is 12.9. The average Bonchev–Trinajstić information content (AvgIpc) is 3.62. The Hall–Kier alpha value is -3.68. The zero-order valence-corrected chi connectivity index (χ0v) is 18.6. The summed E-state index contributed by atoms with van der Waals surface area (Å²) in [4.78, 5) is 37.9. The van der Waals surface area contributed by atoms with Crippen molar-refractivity contribution in [3.05, 3.63) is 69.8 Å². The number of benzene rings is 2. The van der Waals surface area contributed by atoms with Crippen LogP contribution in [0.1, 0.15) is 48.5 Å². The Kier molecular flexibility index (Phi) is 6.72. The van der Waals surface area contributed by atoms with Crippen molar-refractivity contribution in [2.45, 2.75) is 38.6 Å². The Morgan fingerprint density at radius 3 is 2.39 bits per heavy atom. The van der Waals surface area contributed by atoms with Gasteiger partial charge in [0, 0.05) is 48.7 Å². The minimum absolute atomic E-state index is 0.00291. The molecule has 1 aliphatic heterocycles. The van der Waals surface area contributed by atoms with E-state index >= 15 is 0 Å². The highest BCUT2D eigenvalue weighted by Gasteiger charge is 2.27. The van der Waals surface area contributed by atoms with Crippen LogP contribution in [0, 0.1) is 16.0 Å². The number of amides is 2. The van der Waals surface area contributed by atoms with Crippen LogP contribution in [0.25, 0.3) is 6.08 Å². The summed E-state index contributed by atoms with van der Waals surface area (Å²) >= 11 is 0. The van der Waals surface area contributed by atoms with Gasteiger partial charge < -0.3 is 15.5 Å². The second-order valence-electron chi connectivity index (χ2n) is 8.82. The SMILES string of the molecule is CC1CCN(c2ccc(NC(=O)C=Cc3ccc([N+](=O)[O-])cc3)cc2C(=O)NC2CC2)CC1. The van der Waals surface area contributed by atoms with Crippen LogP contribution >= 0.6 is 0 Å². The number of hydrogen-bond acceptors (Lipinski definition) is 5. The predicted octanol–water partition coefficient (Wildman–Crippen LogP) is 4.38. The summed E-state index contributed by atoms with van der Waals surface area (Å²) in [5.41, 5.74) is 2.70. The maximum absolute atomic E-state index is 12.9. The number of non-ortho nitro benzene ring substituents is 1. The normalized spacial score (nSPS) is 16.6. The molecule has 4 rings (SSSR count). The van der Waals surface area contributed by atoms with Gasteiger partial charge in [0.25, 0.3) is 11.6 Å². The van der Waals surface area contributed by atoms with Gasteiger partial charge in [0.05, 0.1) is 10.5 Å². The van der Waals surface area contributed by atoms with Crippen LogP contribution in [0.4, 0.5) is 17.1 Å². The molecule has 2 N–H and O–H groups in total. The standard InChI is InChI=1S/C25H28N4O4/c1-17-12-14-28(15-13-17)23-10-7-20(16-22(23)25(31)27-19-5-6-19)26-24(30)11-4-18-2-8-21(9-3-18)29(32)33/h2-4,7-11,16-17,19H,5-6,12-15H2,1H3,(H,26,30)(H,27,31). The molecule has 1 aliphatic carbocycles. The summed E-state index contributed by atoms with van der Waals surface area (Å²) in [5.74, 6) is 0.233. The van der Waals surface area contributed by atoms with Crippen molar-refractivity contribution < 1.29 is 14.5 Å². The molecule has 1 saturated carbocycles. The van der Waals surface area contributed by atoms with Gasteiger partial charge in [-0.15, -0.1) is 0 Å². The molecule has 1 saturated heterocycles. The minimum Gasteiger partial charge on any atom is -0.371 e. The number of carbonyl (C=O) groups excluding carboxylic acids is 2. The number of carbonyl (C=O) groups is 2. The van der Waals surface area contributed by atoms with Crippen LogP contribution in [0.2, 0.25) is 0 Å². The van der Waals surface area contributed by atoms with Crippen LogP contribution in [-0.4, -0.2) is 35.9 Å². The number of nitrogens with zero attached hydrogens (tertiary/aromatic N) is 2. The lowest BCUT2D eigenvalue weighted by atomic mass is 9.97. The molecule has 0 spiro atoms. The van der Waals surface area contributed by atoms with Crippen LogP contribution in [0.3, 0.4) is 0 Å². The summed E-state index contributed by atoms with van der Waals surface area (Å²) in [5, 5.41) is 16.6. The van der Waals surface area contributed by atoms with Gasteiger partial charge in [-0.1, -0.05) is 6.92 Å². The Balaban J connectivity index is 1.47. The summed E-state index contributed by atoms with van der Waals surface area (Å²) in [6.07, 6.45) is 7.15. The van der Waals surface area contributed by atoms with Crippen molar-refractivity contribution in [1.29, 1.82) is 0 Å². The van der Waals surface area contributed by atoms with Crippen LogP contribution in [0.5, 0.6) is 0 Å². The second-order valence-corrected chi connectivity index (χ2v) is 8.82. The number of nitro groups is 1. The van der Waals surface area contributed by atoms with E-state index in [0.29, 0.717) is 22.7 Å². The van der Waals surface area contributed by atoms with Crippen molar-refractivity contribution in [1.82, 2.24) is 5.32 Å².